The second kappa shape index (κ2) is 3.72. The number of thiol groups is 1. The summed E-state index contributed by atoms with van der Waals surface area (Å²) < 4.78 is 11.8. The first-order chi connectivity index (χ1) is 3.63. The lowest BCUT2D eigenvalue weighted by Gasteiger charge is -1.80. The molecular weight excluding hydrogens is 123 g/mol. The highest BCUT2D eigenvalue weighted by molar-refractivity contribution is 7.84. The molecule has 0 fully saturated rings. The van der Waals surface area contributed by atoms with Gasteiger partial charge < -0.3 is 0 Å². The van der Waals surface area contributed by atoms with Gasteiger partial charge in [-0.25, -0.2) is 4.39 Å². The zero-order valence-corrected chi connectivity index (χ0v) is 5.87. The predicted octanol–water partition coefficient (Wildman–Crippen LogP) is 2.69. The molecule has 0 saturated carbocycles. The Hall–Kier alpha value is -0.240. The van der Waals surface area contributed by atoms with Crippen molar-refractivity contribution in [3.05, 3.63) is 22.9 Å². The molecule has 0 aromatic carbocycles. The highest BCUT2D eigenvalue weighted by atomic mass is 32.1. The Morgan fingerprint density at radius 2 is 1.88 bits per heavy atom. The third-order valence-electron chi connectivity index (χ3n) is 0.554. The molecule has 0 amide bonds. The molecule has 0 saturated heterocycles. The van der Waals surface area contributed by atoms with Crippen molar-refractivity contribution in [3.63, 3.8) is 0 Å². The van der Waals surface area contributed by atoms with E-state index in [4.69, 9.17) is 0 Å². The van der Waals surface area contributed by atoms with Crippen LogP contribution in [0.4, 0.5) is 4.39 Å². The lowest BCUT2D eigenvalue weighted by Crippen LogP contribution is -1.58. The van der Waals surface area contributed by atoms with E-state index in [-0.39, 0.29) is 5.83 Å². The molecule has 0 heterocycles. The molecule has 0 aromatic rings. The van der Waals surface area contributed by atoms with Crippen molar-refractivity contribution < 1.29 is 4.39 Å². The van der Waals surface area contributed by atoms with Crippen molar-refractivity contribution in [1.82, 2.24) is 0 Å². The predicted molar refractivity (Wildman–Crippen MR) is 37.6 cm³/mol. The standard InChI is InChI=1S/C6H9FS/c1-5(7)3-4-6(2)8/h3-4,8H,1-2H3/b5-3+,6-4+. The van der Waals surface area contributed by atoms with Crippen molar-refractivity contribution >= 4 is 12.6 Å². The van der Waals surface area contributed by atoms with Crippen molar-refractivity contribution in [2.24, 2.45) is 0 Å². The Morgan fingerprint density at radius 1 is 1.38 bits per heavy atom. The Morgan fingerprint density at radius 3 is 2.00 bits per heavy atom. The molecule has 0 aliphatic carbocycles. The first kappa shape index (κ1) is 7.76. The van der Waals surface area contributed by atoms with Crippen LogP contribution in [0.15, 0.2) is 22.9 Å². The van der Waals surface area contributed by atoms with E-state index in [0.717, 1.165) is 4.91 Å². The molecule has 0 nitrogen and oxygen atoms in total. The van der Waals surface area contributed by atoms with Crippen LogP contribution in [0.25, 0.3) is 0 Å². The SMILES string of the molecule is C/C(F)=C\C=C(/C)S. The fraction of sp³-hybridized carbons (Fsp3) is 0.333. The summed E-state index contributed by atoms with van der Waals surface area (Å²) in [5, 5.41) is 0. The van der Waals surface area contributed by atoms with Crippen LogP contribution in [0, 0.1) is 0 Å². The van der Waals surface area contributed by atoms with E-state index in [0.29, 0.717) is 0 Å². The molecule has 0 rings (SSSR count). The summed E-state index contributed by atoms with van der Waals surface area (Å²) in [6, 6.07) is 0. The minimum Gasteiger partial charge on any atom is -0.212 e. The van der Waals surface area contributed by atoms with E-state index in [2.05, 4.69) is 12.6 Å². The lowest BCUT2D eigenvalue weighted by molar-refractivity contribution is 0.640. The molecule has 0 aliphatic heterocycles. The van der Waals surface area contributed by atoms with Crippen LogP contribution in [0.1, 0.15) is 13.8 Å². The Bertz CT molecular complexity index is 100. The van der Waals surface area contributed by atoms with Crippen molar-refractivity contribution in [1.29, 1.82) is 0 Å². The van der Waals surface area contributed by atoms with Crippen molar-refractivity contribution in [3.8, 4) is 0 Å². The second-order valence-corrected chi connectivity index (χ2v) is 2.27. The molecule has 0 aliphatic rings. The van der Waals surface area contributed by atoms with Crippen LogP contribution in [0.5, 0.6) is 0 Å². The van der Waals surface area contributed by atoms with Crippen molar-refractivity contribution in [2.45, 2.75) is 13.8 Å². The first-order valence-electron chi connectivity index (χ1n) is 2.32. The average molecular weight is 132 g/mol. The third kappa shape index (κ3) is 5.76. The van der Waals surface area contributed by atoms with Gasteiger partial charge in [-0.2, -0.15) is 0 Å². The van der Waals surface area contributed by atoms with Gasteiger partial charge in [0.1, 0.15) is 0 Å². The van der Waals surface area contributed by atoms with Gasteiger partial charge in [0.15, 0.2) is 0 Å². The summed E-state index contributed by atoms with van der Waals surface area (Å²) in [5.41, 5.74) is 0. The Kier molecular flexibility index (Phi) is 3.61. The van der Waals surface area contributed by atoms with E-state index < -0.39 is 0 Å². The number of rotatable bonds is 1. The highest BCUT2D eigenvalue weighted by Gasteiger charge is 1.76. The highest BCUT2D eigenvalue weighted by Crippen LogP contribution is 2.00. The second-order valence-electron chi connectivity index (χ2n) is 1.56. The van der Waals surface area contributed by atoms with Gasteiger partial charge in [-0.05, 0) is 24.8 Å². The van der Waals surface area contributed by atoms with Gasteiger partial charge >= 0.3 is 0 Å². The summed E-state index contributed by atoms with van der Waals surface area (Å²) in [7, 11) is 0. The van der Waals surface area contributed by atoms with Crippen LogP contribution >= 0.6 is 12.6 Å². The molecule has 0 atom stereocenters. The minimum absolute atomic E-state index is 0.196. The third-order valence-corrected chi connectivity index (χ3v) is 0.703. The van der Waals surface area contributed by atoms with E-state index in [1.165, 1.54) is 13.0 Å². The molecule has 0 unspecified atom stereocenters. The van der Waals surface area contributed by atoms with Crippen LogP contribution in [0.3, 0.4) is 0 Å². The van der Waals surface area contributed by atoms with Gasteiger partial charge in [0.05, 0.1) is 5.83 Å². The number of hydrogen-bond acceptors (Lipinski definition) is 1. The maximum absolute atomic E-state index is 11.8. The van der Waals surface area contributed by atoms with Gasteiger partial charge in [0, 0.05) is 0 Å². The summed E-state index contributed by atoms with van der Waals surface area (Å²) in [5.74, 6) is -0.196. The topological polar surface area (TPSA) is 0 Å². The summed E-state index contributed by atoms with van der Waals surface area (Å²) in [4.78, 5) is 0.807. The molecule has 0 N–H and O–H groups in total. The molecular formula is C6H9FS. The van der Waals surface area contributed by atoms with Crippen molar-refractivity contribution in [2.75, 3.05) is 0 Å². The number of allylic oxidation sites excluding steroid dienone is 4. The van der Waals surface area contributed by atoms with Crippen LogP contribution in [0.2, 0.25) is 0 Å². The Balaban J connectivity index is 3.76. The van der Waals surface area contributed by atoms with Crippen LogP contribution < -0.4 is 0 Å². The molecule has 0 aromatic heterocycles. The van der Waals surface area contributed by atoms with E-state index in [1.54, 1.807) is 13.0 Å². The smallest absolute Gasteiger partial charge is 0.0968 e. The fourth-order valence-electron chi connectivity index (χ4n) is 0.235. The minimum atomic E-state index is -0.196. The van der Waals surface area contributed by atoms with E-state index in [1.807, 2.05) is 0 Å². The monoisotopic (exact) mass is 132 g/mol. The van der Waals surface area contributed by atoms with E-state index in [9.17, 15) is 4.39 Å². The first-order valence-corrected chi connectivity index (χ1v) is 2.77. The van der Waals surface area contributed by atoms with Gasteiger partial charge in [-0.3, -0.25) is 0 Å². The van der Waals surface area contributed by atoms with Gasteiger partial charge in [0.2, 0.25) is 0 Å². The maximum Gasteiger partial charge on any atom is 0.0968 e. The summed E-state index contributed by atoms with van der Waals surface area (Å²) >= 11 is 3.92. The Labute approximate surface area is 54.5 Å². The van der Waals surface area contributed by atoms with E-state index >= 15 is 0 Å². The van der Waals surface area contributed by atoms with Crippen LogP contribution in [-0.2, 0) is 0 Å². The summed E-state index contributed by atoms with van der Waals surface area (Å²) in [6.07, 6.45) is 2.99. The number of hydrogen-bond donors (Lipinski definition) is 1. The maximum atomic E-state index is 11.8. The molecule has 0 spiro atoms. The molecule has 0 bridgehead atoms. The lowest BCUT2D eigenvalue weighted by atomic mass is 10.4. The summed E-state index contributed by atoms with van der Waals surface area (Å²) in [6.45, 7) is 3.19. The van der Waals surface area contributed by atoms with Gasteiger partial charge in [0.25, 0.3) is 0 Å². The average Bonchev–Trinajstić information content (AvgIpc) is 1.61. The van der Waals surface area contributed by atoms with Crippen LogP contribution in [-0.4, -0.2) is 0 Å². The normalized spacial score (nSPS) is 14.5. The quantitative estimate of drug-likeness (QED) is 0.411. The zero-order chi connectivity index (χ0) is 6.57. The number of halogens is 1. The zero-order valence-electron chi connectivity index (χ0n) is 4.98. The van der Waals surface area contributed by atoms with Gasteiger partial charge in [-0.1, -0.05) is 6.08 Å². The molecule has 46 valence electrons. The van der Waals surface area contributed by atoms with Gasteiger partial charge in [-0.15, -0.1) is 12.6 Å². The molecule has 8 heavy (non-hydrogen) atoms. The molecule has 2 heteroatoms. The largest absolute Gasteiger partial charge is 0.212 e. The fourth-order valence-corrected chi connectivity index (χ4v) is 0.310. The molecule has 0 radical (unpaired) electrons.